The Bertz CT molecular complexity index is 1500. The Morgan fingerprint density at radius 3 is 2.47 bits per heavy atom. The van der Waals surface area contributed by atoms with E-state index in [0.29, 0.717) is 49.5 Å². The highest BCUT2D eigenvalue weighted by molar-refractivity contribution is 9.10. The van der Waals surface area contributed by atoms with Gasteiger partial charge in [0.05, 0.1) is 41.1 Å². The zero-order chi connectivity index (χ0) is 27.2. The first-order chi connectivity index (χ1) is 18.3. The number of dihydropyridines is 1. The van der Waals surface area contributed by atoms with E-state index in [2.05, 4.69) is 32.6 Å². The summed E-state index contributed by atoms with van der Waals surface area (Å²) in [6.45, 7) is 1.77. The van der Waals surface area contributed by atoms with Gasteiger partial charge in [0.25, 0.3) is 5.91 Å². The van der Waals surface area contributed by atoms with Gasteiger partial charge in [0.15, 0.2) is 5.78 Å². The molecular weight excluding hydrogens is 586 g/mol. The minimum absolute atomic E-state index is 0.0790. The molecule has 192 valence electrons. The number of allylic oxidation sites excluding steroid dienone is 2. The van der Waals surface area contributed by atoms with Crippen LogP contribution in [0.3, 0.4) is 0 Å². The number of methoxy groups -OCH3 is 1. The third-order valence-electron chi connectivity index (χ3n) is 5.98. The molecule has 38 heavy (non-hydrogen) atoms. The number of hydrogen-bond donors (Lipinski definition) is 2. The van der Waals surface area contributed by atoms with Gasteiger partial charge in [-0.25, -0.2) is 0 Å². The number of carbonyl (C=O) groups excluding carboxylic acids is 2. The minimum atomic E-state index is -0.741. The summed E-state index contributed by atoms with van der Waals surface area (Å²) in [4.78, 5) is 26.5. The van der Waals surface area contributed by atoms with Crippen LogP contribution in [0.15, 0.2) is 99.1 Å². The lowest BCUT2D eigenvalue weighted by Gasteiger charge is -2.30. The summed E-state index contributed by atoms with van der Waals surface area (Å²) in [5, 5.41) is 17.3. The van der Waals surface area contributed by atoms with Crippen molar-refractivity contribution >= 4 is 56.7 Å². The van der Waals surface area contributed by atoms with Crippen molar-refractivity contribution in [2.24, 2.45) is 0 Å². The molecular formula is C29H23BrClN3O3S. The quantitative estimate of drug-likeness (QED) is 0.266. The van der Waals surface area contributed by atoms with Gasteiger partial charge in [-0.1, -0.05) is 81.8 Å². The number of anilines is 1. The highest BCUT2D eigenvalue weighted by Gasteiger charge is 2.36. The first-order valence-corrected chi connectivity index (χ1v) is 13.7. The number of Topliss-reactive ketones (excluding diaryl/α,β-unsaturated/α-hetero) is 1. The lowest BCUT2D eigenvalue weighted by atomic mass is 9.82. The number of hydrogen-bond acceptors (Lipinski definition) is 6. The van der Waals surface area contributed by atoms with Crippen LogP contribution >= 0.6 is 39.3 Å². The Morgan fingerprint density at radius 1 is 1.11 bits per heavy atom. The first-order valence-electron chi connectivity index (χ1n) is 11.6. The van der Waals surface area contributed by atoms with E-state index in [1.807, 2.05) is 24.3 Å². The maximum Gasteiger partial charge on any atom is 0.254 e. The number of ether oxygens (including phenoxy) is 1. The molecule has 1 amide bonds. The predicted molar refractivity (Wildman–Crippen MR) is 155 cm³/mol. The van der Waals surface area contributed by atoms with E-state index in [-0.39, 0.29) is 11.5 Å². The molecule has 3 aromatic rings. The molecule has 0 bridgehead atoms. The summed E-state index contributed by atoms with van der Waals surface area (Å²) in [6, 6.07) is 23.6. The number of nitrogens with zero attached hydrogens (tertiary/aromatic N) is 1. The fourth-order valence-electron chi connectivity index (χ4n) is 4.14. The lowest BCUT2D eigenvalue weighted by Crippen LogP contribution is -2.31. The van der Waals surface area contributed by atoms with Gasteiger partial charge in [0.2, 0.25) is 0 Å². The topological polar surface area (TPSA) is 91.2 Å². The van der Waals surface area contributed by atoms with Gasteiger partial charge < -0.3 is 15.4 Å². The van der Waals surface area contributed by atoms with Gasteiger partial charge in [0, 0.05) is 26.3 Å². The number of ketones is 1. The molecule has 0 unspecified atom stereocenters. The number of nitrogens with one attached hydrogen (secondary N) is 2. The molecule has 9 heteroatoms. The highest BCUT2D eigenvalue weighted by atomic mass is 79.9. The third-order valence-corrected chi connectivity index (χ3v) is 7.87. The summed E-state index contributed by atoms with van der Waals surface area (Å²) >= 11 is 11.2. The molecule has 1 aliphatic rings. The zero-order valence-electron chi connectivity index (χ0n) is 20.5. The van der Waals surface area contributed by atoms with Gasteiger partial charge in [-0.3, -0.25) is 9.59 Å². The third kappa shape index (κ3) is 5.97. The van der Waals surface area contributed by atoms with Crippen molar-refractivity contribution in [3.8, 4) is 11.8 Å². The minimum Gasteiger partial charge on any atom is -0.495 e. The maximum atomic E-state index is 13.7. The van der Waals surface area contributed by atoms with Crippen molar-refractivity contribution in [1.29, 1.82) is 5.26 Å². The second-order valence-corrected chi connectivity index (χ2v) is 10.7. The van der Waals surface area contributed by atoms with Crippen LogP contribution in [0, 0.1) is 11.3 Å². The summed E-state index contributed by atoms with van der Waals surface area (Å²) < 4.78 is 6.26. The molecule has 0 aliphatic carbocycles. The average Bonchev–Trinajstić information content (AvgIpc) is 2.92. The molecule has 1 aliphatic heterocycles. The molecule has 1 heterocycles. The van der Waals surface area contributed by atoms with E-state index in [0.717, 1.165) is 4.47 Å². The van der Waals surface area contributed by atoms with Gasteiger partial charge in [-0.2, -0.15) is 5.26 Å². The number of nitriles is 1. The van der Waals surface area contributed by atoms with Crippen molar-refractivity contribution in [2.75, 3.05) is 18.2 Å². The fourth-order valence-corrected chi connectivity index (χ4v) is 5.64. The predicted octanol–water partition coefficient (Wildman–Crippen LogP) is 7.06. The van der Waals surface area contributed by atoms with Crippen LogP contribution in [0.2, 0.25) is 5.02 Å². The van der Waals surface area contributed by atoms with Crippen LogP contribution in [0.1, 0.15) is 28.8 Å². The van der Waals surface area contributed by atoms with Crippen LogP contribution in [-0.4, -0.2) is 24.6 Å². The Hall–Kier alpha value is -3.51. The van der Waals surface area contributed by atoms with Crippen LogP contribution in [-0.2, 0) is 4.79 Å². The zero-order valence-corrected chi connectivity index (χ0v) is 23.7. The van der Waals surface area contributed by atoms with Crippen molar-refractivity contribution in [2.45, 2.75) is 12.8 Å². The Kier molecular flexibility index (Phi) is 8.95. The molecule has 0 spiro atoms. The van der Waals surface area contributed by atoms with Gasteiger partial charge >= 0.3 is 0 Å². The summed E-state index contributed by atoms with van der Waals surface area (Å²) in [5.41, 5.74) is 2.91. The second-order valence-electron chi connectivity index (χ2n) is 8.35. The van der Waals surface area contributed by atoms with Crippen LogP contribution in [0.4, 0.5) is 5.69 Å². The number of amides is 1. The van der Waals surface area contributed by atoms with E-state index >= 15 is 0 Å². The van der Waals surface area contributed by atoms with E-state index in [1.165, 1.54) is 18.9 Å². The fraction of sp³-hybridized carbons (Fsp3) is 0.138. The van der Waals surface area contributed by atoms with E-state index < -0.39 is 11.8 Å². The van der Waals surface area contributed by atoms with Crippen LogP contribution in [0.25, 0.3) is 0 Å². The standard InChI is InChI=1S/C29H23BrClN3O3S/c1-17-26(28(36)34-23-9-5-6-10-25(23)37-2)27(20-7-3-4-8-22(20)31)21(15-32)29(33-17)38-16-24(35)18-11-13-19(30)14-12-18/h3-14,27,33H,16H2,1-2H3,(H,34,36)/t27-/m0/s1. The largest absolute Gasteiger partial charge is 0.495 e. The van der Waals surface area contributed by atoms with Crippen LogP contribution < -0.4 is 15.4 Å². The maximum absolute atomic E-state index is 13.7. The Labute approximate surface area is 238 Å². The summed E-state index contributed by atoms with van der Waals surface area (Å²) in [5.74, 6) is -0.594. The molecule has 0 saturated carbocycles. The smallest absolute Gasteiger partial charge is 0.254 e. The van der Waals surface area contributed by atoms with Crippen molar-refractivity contribution in [1.82, 2.24) is 5.32 Å². The molecule has 0 saturated heterocycles. The molecule has 0 radical (unpaired) electrons. The monoisotopic (exact) mass is 607 g/mol. The molecule has 0 fully saturated rings. The highest BCUT2D eigenvalue weighted by Crippen LogP contribution is 2.43. The molecule has 2 N–H and O–H groups in total. The number of benzene rings is 3. The number of halogens is 2. The summed E-state index contributed by atoms with van der Waals surface area (Å²) in [7, 11) is 1.53. The Balaban J connectivity index is 1.70. The summed E-state index contributed by atoms with van der Waals surface area (Å²) in [6.07, 6.45) is 0. The van der Waals surface area contributed by atoms with Gasteiger partial charge in [-0.05, 0) is 42.8 Å². The average molecular weight is 609 g/mol. The second kappa shape index (κ2) is 12.4. The lowest BCUT2D eigenvalue weighted by molar-refractivity contribution is -0.113. The van der Waals surface area contributed by atoms with Crippen molar-refractivity contribution < 1.29 is 14.3 Å². The molecule has 4 rings (SSSR count). The van der Waals surface area contributed by atoms with Crippen molar-refractivity contribution in [3.63, 3.8) is 0 Å². The molecule has 3 aromatic carbocycles. The normalized spacial score (nSPS) is 15.0. The first kappa shape index (κ1) is 27.5. The van der Waals surface area contributed by atoms with Gasteiger partial charge in [0.1, 0.15) is 5.75 Å². The van der Waals surface area contributed by atoms with Crippen molar-refractivity contribution in [3.05, 3.63) is 115 Å². The molecule has 0 aromatic heterocycles. The molecule has 6 nitrogen and oxygen atoms in total. The molecule has 1 atom stereocenters. The number of thioether (sulfide) groups is 1. The van der Waals surface area contributed by atoms with Gasteiger partial charge in [-0.15, -0.1) is 0 Å². The SMILES string of the molecule is COc1ccccc1NC(=O)C1=C(C)NC(SCC(=O)c2ccc(Br)cc2)=C(C#N)[C@@H]1c1ccccc1Cl. The number of carbonyl (C=O) groups is 2. The number of para-hydroxylation sites is 2. The number of rotatable bonds is 8. The van der Waals surface area contributed by atoms with E-state index in [9.17, 15) is 14.9 Å². The Morgan fingerprint density at radius 2 is 1.79 bits per heavy atom. The van der Waals surface area contributed by atoms with E-state index in [1.54, 1.807) is 55.5 Å². The van der Waals surface area contributed by atoms with Crippen LogP contribution in [0.5, 0.6) is 5.75 Å². The van der Waals surface area contributed by atoms with E-state index in [4.69, 9.17) is 16.3 Å².